The van der Waals surface area contributed by atoms with E-state index in [0.717, 1.165) is 32.2 Å². The van der Waals surface area contributed by atoms with E-state index >= 15 is 0 Å². The molecular weight excluding hydrogens is 204 g/mol. The molecule has 1 saturated carbocycles. The summed E-state index contributed by atoms with van der Waals surface area (Å²) < 4.78 is 5.45. The zero-order chi connectivity index (χ0) is 11.8. The highest BCUT2D eigenvalue weighted by atomic mass is 16.5. The van der Waals surface area contributed by atoms with Crippen LogP contribution in [-0.4, -0.2) is 36.6 Å². The lowest BCUT2D eigenvalue weighted by molar-refractivity contribution is -0.142. The molecule has 1 amide bonds. The van der Waals surface area contributed by atoms with Gasteiger partial charge in [0.2, 0.25) is 5.91 Å². The monoisotopic (exact) mass is 222 g/mol. The Bertz CT molecular complexity index is 343. The number of nitrogens with zero attached hydrogens (tertiary/aromatic N) is 2. The molecule has 1 aliphatic heterocycles. The van der Waals surface area contributed by atoms with Gasteiger partial charge >= 0.3 is 0 Å². The molecule has 0 radical (unpaired) electrons. The van der Waals surface area contributed by atoms with E-state index < -0.39 is 5.41 Å². The molecule has 1 unspecified atom stereocenters. The second-order valence-corrected chi connectivity index (χ2v) is 5.18. The van der Waals surface area contributed by atoms with Gasteiger partial charge in [-0.1, -0.05) is 0 Å². The van der Waals surface area contributed by atoms with Crippen molar-refractivity contribution in [1.29, 1.82) is 5.26 Å². The Labute approximate surface area is 96.2 Å². The van der Waals surface area contributed by atoms with Crippen molar-refractivity contribution in [2.75, 3.05) is 20.2 Å². The standard InChI is InChI=1S/C12H18N2O2/c1-11(16-2)4-3-7-14(9-11)10(15)12(8-13)5-6-12/h3-7,9H2,1-2H3. The first-order chi connectivity index (χ1) is 7.55. The zero-order valence-electron chi connectivity index (χ0n) is 9.95. The van der Waals surface area contributed by atoms with Gasteiger partial charge in [-0.2, -0.15) is 5.26 Å². The number of nitriles is 1. The number of likely N-dealkylation sites (tertiary alicyclic amines) is 1. The lowest BCUT2D eigenvalue weighted by Gasteiger charge is -2.40. The number of piperidine rings is 1. The van der Waals surface area contributed by atoms with E-state index in [2.05, 4.69) is 6.07 Å². The number of amides is 1. The summed E-state index contributed by atoms with van der Waals surface area (Å²) in [4.78, 5) is 14.0. The van der Waals surface area contributed by atoms with Gasteiger partial charge in [0.1, 0.15) is 5.41 Å². The Morgan fingerprint density at radius 1 is 1.44 bits per heavy atom. The maximum absolute atomic E-state index is 12.2. The third-order valence-electron chi connectivity index (χ3n) is 3.81. The van der Waals surface area contributed by atoms with Crippen molar-refractivity contribution < 1.29 is 9.53 Å². The van der Waals surface area contributed by atoms with Crippen molar-refractivity contribution in [3.63, 3.8) is 0 Å². The Morgan fingerprint density at radius 3 is 2.62 bits per heavy atom. The molecule has 16 heavy (non-hydrogen) atoms. The van der Waals surface area contributed by atoms with Crippen LogP contribution in [0.1, 0.15) is 32.6 Å². The minimum Gasteiger partial charge on any atom is -0.377 e. The fourth-order valence-corrected chi connectivity index (χ4v) is 2.35. The van der Waals surface area contributed by atoms with E-state index in [0.29, 0.717) is 6.54 Å². The zero-order valence-corrected chi connectivity index (χ0v) is 9.95. The quantitative estimate of drug-likeness (QED) is 0.708. The van der Waals surface area contributed by atoms with Gasteiger partial charge in [-0.25, -0.2) is 0 Å². The van der Waals surface area contributed by atoms with E-state index in [1.165, 1.54) is 0 Å². The maximum Gasteiger partial charge on any atom is 0.243 e. The molecule has 4 heteroatoms. The molecule has 1 heterocycles. The normalized spacial score (nSPS) is 31.9. The number of hydrogen-bond acceptors (Lipinski definition) is 3. The van der Waals surface area contributed by atoms with Crippen LogP contribution in [0.2, 0.25) is 0 Å². The van der Waals surface area contributed by atoms with Crippen molar-refractivity contribution in [2.24, 2.45) is 5.41 Å². The van der Waals surface area contributed by atoms with Crippen LogP contribution in [0.15, 0.2) is 0 Å². The average Bonchev–Trinajstić information content (AvgIpc) is 3.09. The van der Waals surface area contributed by atoms with Gasteiger partial charge < -0.3 is 9.64 Å². The van der Waals surface area contributed by atoms with Crippen LogP contribution in [0.5, 0.6) is 0 Å². The highest BCUT2D eigenvalue weighted by Crippen LogP contribution is 2.47. The largest absolute Gasteiger partial charge is 0.377 e. The van der Waals surface area contributed by atoms with Crippen molar-refractivity contribution >= 4 is 5.91 Å². The van der Waals surface area contributed by atoms with Gasteiger partial charge in [0.25, 0.3) is 0 Å². The number of hydrogen-bond donors (Lipinski definition) is 0. The van der Waals surface area contributed by atoms with Gasteiger partial charge in [-0.15, -0.1) is 0 Å². The number of rotatable bonds is 2. The van der Waals surface area contributed by atoms with Crippen LogP contribution in [0, 0.1) is 16.7 Å². The van der Waals surface area contributed by atoms with Gasteiger partial charge in [-0.3, -0.25) is 4.79 Å². The maximum atomic E-state index is 12.2. The number of ether oxygens (including phenoxy) is 1. The van der Waals surface area contributed by atoms with Gasteiger partial charge in [0, 0.05) is 20.2 Å². The van der Waals surface area contributed by atoms with E-state index in [1.54, 1.807) is 7.11 Å². The number of carbonyl (C=O) groups excluding carboxylic acids is 1. The van der Waals surface area contributed by atoms with Crippen molar-refractivity contribution in [3.8, 4) is 6.07 Å². The summed E-state index contributed by atoms with van der Waals surface area (Å²) in [6.45, 7) is 3.41. The first-order valence-corrected chi connectivity index (χ1v) is 5.81. The van der Waals surface area contributed by atoms with Gasteiger partial charge in [-0.05, 0) is 32.6 Å². The van der Waals surface area contributed by atoms with Gasteiger partial charge in [0.05, 0.1) is 11.7 Å². The van der Waals surface area contributed by atoms with Crippen LogP contribution in [-0.2, 0) is 9.53 Å². The molecule has 0 N–H and O–H groups in total. The highest BCUT2D eigenvalue weighted by molar-refractivity contribution is 5.88. The molecule has 2 rings (SSSR count). The first kappa shape index (κ1) is 11.4. The minimum atomic E-state index is -0.689. The first-order valence-electron chi connectivity index (χ1n) is 5.81. The predicted octanol–water partition coefficient (Wildman–Crippen LogP) is 1.32. The highest BCUT2D eigenvalue weighted by Gasteiger charge is 2.53. The van der Waals surface area contributed by atoms with Gasteiger partial charge in [0.15, 0.2) is 0 Å². The van der Waals surface area contributed by atoms with E-state index in [-0.39, 0.29) is 11.5 Å². The Hall–Kier alpha value is -1.08. The summed E-state index contributed by atoms with van der Waals surface area (Å²) in [7, 11) is 1.69. The summed E-state index contributed by atoms with van der Waals surface area (Å²) in [5, 5.41) is 9.02. The molecule has 0 aromatic carbocycles. The molecule has 1 atom stereocenters. The predicted molar refractivity (Wildman–Crippen MR) is 58.5 cm³/mol. The Balaban J connectivity index is 2.06. The lowest BCUT2D eigenvalue weighted by atomic mass is 9.93. The van der Waals surface area contributed by atoms with E-state index in [4.69, 9.17) is 10.00 Å². The molecule has 1 aliphatic carbocycles. The lowest BCUT2D eigenvalue weighted by Crippen LogP contribution is -2.51. The third kappa shape index (κ3) is 1.80. The van der Waals surface area contributed by atoms with E-state index in [1.807, 2.05) is 11.8 Å². The molecule has 2 fully saturated rings. The van der Waals surface area contributed by atoms with Crippen LogP contribution >= 0.6 is 0 Å². The van der Waals surface area contributed by atoms with Crippen molar-refractivity contribution in [1.82, 2.24) is 4.90 Å². The average molecular weight is 222 g/mol. The topological polar surface area (TPSA) is 53.3 Å². The fourth-order valence-electron chi connectivity index (χ4n) is 2.35. The minimum absolute atomic E-state index is 0.0120. The second kappa shape index (κ2) is 3.74. The summed E-state index contributed by atoms with van der Waals surface area (Å²) in [6, 6.07) is 2.16. The summed E-state index contributed by atoms with van der Waals surface area (Å²) in [6.07, 6.45) is 3.38. The SMILES string of the molecule is COC1(C)CCCN(C(=O)C2(C#N)CC2)C1. The smallest absolute Gasteiger partial charge is 0.243 e. The molecule has 0 aromatic heterocycles. The summed E-state index contributed by atoms with van der Waals surface area (Å²) in [5.41, 5.74) is -0.925. The molecule has 1 saturated heterocycles. The van der Waals surface area contributed by atoms with Crippen LogP contribution in [0.4, 0.5) is 0 Å². The third-order valence-corrected chi connectivity index (χ3v) is 3.81. The molecule has 0 bridgehead atoms. The van der Waals surface area contributed by atoms with Crippen LogP contribution in [0.25, 0.3) is 0 Å². The second-order valence-electron chi connectivity index (χ2n) is 5.18. The molecule has 4 nitrogen and oxygen atoms in total. The molecule has 0 spiro atoms. The molecule has 0 aromatic rings. The summed E-state index contributed by atoms with van der Waals surface area (Å²) >= 11 is 0. The Morgan fingerprint density at radius 2 is 2.12 bits per heavy atom. The number of methoxy groups -OCH3 is 1. The molecule has 88 valence electrons. The van der Waals surface area contributed by atoms with Crippen molar-refractivity contribution in [2.45, 2.75) is 38.2 Å². The Kier molecular flexibility index (Phi) is 2.67. The molecule has 2 aliphatic rings. The number of carbonyl (C=O) groups is 1. The fraction of sp³-hybridized carbons (Fsp3) is 0.833. The van der Waals surface area contributed by atoms with E-state index in [9.17, 15) is 4.79 Å². The summed E-state index contributed by atoms with van der Waals surface area (Å²) in [5.74, 6) is 0.0120. The van der Waals surface area contributed by atoms with Crippen LogP contribution in [0.3, 0.4) is 0 Å². The van der Waals surface area contributed by atoms with Crippen molar-refractivity contribution in [3.05, 3.63) is 0 Å². The molecular formula is C12H18N2O2. The van der Waals surface area contributed by atoms with Crippen LogP contribution < -0.4 is 0 Å².